The summed E-state index contributed by atoms with van der Waals surface area (Å²) in [5, 5.41) is 3.15. The van der Waals surface area contributed by atoms with Crippen molar-refractivity contribution in [3.05, 3.63) is 35.9 Å². The van der Waals surface area contributed by atoms with Gasteiger partial charge in [-0.3, -0.25) is 0 Å². The van der Waals surface area contributed by atoms with E-state index in [1.807, 2.05) is 19.9 Å². The zero-order valence-electron chi connectivity index (χ0n) is 9.11. The third kappa shape index (κ3) is 3.50. The highest BCUT2D eigenvalue weighted by Gasteiger charge is 2.06. The zero-order chi connectivity index (χ0) is 11.3. The van der Waals surface area contributed by atoms with Gasteiger partial charge in [0.25, 0.3) is 0 Å². The van der Waals surface area contributed by atoms with Gasteiger partial charge in [-0.25, -0.2) is 4.79 Å². The van der Waals surface area contributed by atoms with Gasteiger partial charge in [0.1, 0.15) is 0 Å². The lowest BCUT2D eigenvalue weighted by Crippen LogP contribution is -2.17. The number of allylic oxidation sites excluding steroid dienone is 1. The van der Waals surface area contributed by atoms with Crippen molar-refractivity contribution in [2.75, 3.05) is 7.11 Å². The van der Waals surface area contributed by atoms with Crippen LogP contribution in [0, 0.1) is 0 Å². The van der Waals surface area contributed by atoms with E-state index in [1.165, 1.54) is 13.2 Å². The molecule has 0 spiro atoms. The molecule has 1 heterocycles. The van der Waals surface area contributed by atoms with Crippen molar-refractivity contribution < 1.29 is 13.9 Å². The number of carbonyl (C=O) groups is 1. The zero-order valence-corrected chi connectivity index (χ0v) is 9.11. The summed E-state index contributed by atoms with van der Waals surface area (Å²) in [5.41, 5.74) is 1.79. The first-order valence-electron chi connectivity index (χ1n) is 4.68. The van der Waals surface area contributed by atoms with E-state index < -0.39 is 0 Å². The molecule has 4 heteroatoms. The standard InChI is InChI=1S/C11H15NO3/c1-8(6-11(13)14-3)12-9(2)10-4-5-15-7-10/h4-7,9,12H,1-3H3. The van der Waals surface area contributed by atoms with Gasteiger partial charge in [0.2, 0.25) is 0 Å². The van der Waals surface area contributed by atoms with Crippen molar-refractivity contribution in [1.82, 2.24) is 5.32 Å². The maximum absolute atomic E-state index is 10.9. The maximum atomic E-state index is 10.9. The molecular weight excluding hydrogens is 194 g/mol. The van der Waals surface area contributed by atoms with Crippen LogP contribution in [0.25, 0.3) is 0 Å². The van der Waals surface area contributed by atoms with Gasteiger partial charge in [0, 0.05) is 17.3 Å². The first-order valence-corrected chi connectivity index (χ1v) is 4.68. The Kier molecular flexibility index (Phi) is 3.97. The van der Waals surface area contributed by atoms with Crippen LogP contribution in [0.4, 0.5) is 0 Å². The number of rotatable bonds is 4. The molecule has 1 unspecified atom stereocenters. The van der Waals surface area contributed by atoms with Crippen LogP contribution in [0.15, 0.2) is 34.8 Å². The predicted molar refractivity (Wildman–Crippen MR) is 56.0 cm³/mol. The molecule has 0 radical (unpaired) electrons. The maximum Gasteiger partial charge on any atom is 0.332 e. The summed E-state index contributed by atoms with van der Waals surface area (Å²) < 4.78 is 9.49. The summed E-state index contributed by atoms with van der Waals surface area (Å²) in [6.45, 7) is 3.80. The molecule has 4 nitrogen and oxygen atoms in total. The molecule has 1 N–H and O–H groups in total. The number of carbonyl (C=O) groups excluding carboxylic acids is 1. The Hall–Kier alpha value is -1.71. The van der Waals surface area contributed by atoms with Crippen molar-refractivity contribution in [2.45, 2.75) is 19.9 Å². The Labute approximate surface area is 88.9 Å². The van der Waals surface area contributed by atoms with E-state index in [-0.39, 0.29) is 12.0 Å². The van der Waals surface area contributed by atoms with Gasteiger partial charge in [0.15, 0.2) is 0 Å². The lowest BCUT2D eigenvalue weighted by Gasteiger charge is -2.13. The Bertz CT molecular complexity index is 341. The number of hydrogen-bond donors (Lipinski definition) is 1. The fraction of sp³-hybridized carbons (Fsp3) is 0.364. The minimum absolute atomic E-state index is 0.102. The molecule has 15 heavy (non-hydrogen) atoms. The Morgan fingerprint density at radius 1 is 1.67 bits per heavy atom. The molecule has 0 amide bonds. The summed E-state index contributed by atoms with van der Waals surface area (Å²) >= 11 is 0. The molecule has 0 fully saturated rings. The van der Waals surface area contributed by atoms with E-state index in [1.54, 1.807) is 12.5 Å². The fourth-order valence-corrected chi connectivity index (χ4v) is 1.22. The van der Waals surface area contributed by atoms with E-state index in [9.17, 15) is 4.79 Å². The summed E-state index contributed by atoms with van der Waals surface area (Å²) in [6.07, 6.45) is 4.70. The first-order chi connectivity index (χ1) is 7.13. The Balaban J connectivity index is 2.55. The lowest BCUT2D eigenvalue weighted by molar-refractivity contribution is -0.134. The largest absolute Gasteiger partial charge is 0.472 e. The second-order valence-electron chi connectivity index (χ2n) is 3.27. The molecule has 1 aromatic rings. The smallest absolute Gasteiger partial charge is 0.332 e. The van der Waals surface area contributed by atoms with Crippen LogP contribution in [0.2, 0.25) is 0 Å². The molecular formula is C11H15NO3. The van der Waals surface area contributed by atoms with E-state index in [0.717, 1.165) is 11.3 Å². The normalized spacial score (nSPS) is 13.4. The van der Waals surface area contributed by atoms with Gasteiger partial charge in [-0.15, -0.1) is 0 Å². The molecule has 82 valence electrons. The topological polar surface area (TPSA) is 51.5 Å². The van der Waals surface area contributed by atoms with Gasteiger partial charge in [-0.05, 0) is 19.9 Å². The summed E-state index contributed by atoms with van der Waals surface area (Å²) in [6, 6.07) is 1.98. The molecule has 1 atom stereocenters. The van der Waals surface area contributed by atoms with E-state index in [0.29, 0.717) is 0 Å². The highest BCUT2D eigenvalue weighted by atomic mass is 16.5. The van der Waals surface area contributed by atoms with Crippen LogP contribution in [-0.2, 0) is 9.53 Å². The van der Waals surface area contributed by atoms with Gasteiger partial charge < -0.3 is 14.5 Å². The molecule has 0 saturated carbocycles. The van der Waals surface area contributed by atoms with E-state index >= 15 is 0 Å². The van der Waals surface area contributed by atoms with Crippen LogP contribution < -0.4 is 5.32 Å². The van der Waals surface area contributed by atoms with Crippen molar-refractivity contribution in [3.8, 4) is 0 Å². The molecule has 0 aliphatic rings. The number of methoxy groups -OCH3 is 1. The summed E-state index contributed by atoms with van der Waals surface area (Å²) in [5.74, 6) is -0.362. The first kappa shape index (κ1) is 11.4. The molecule has 0 saturated heterocycles. The summed E-state index contributed by atoms with van der Waals surface area (Å²) in [4.78, 5) is 10.9. The molecule has 0 aromatic carbocycles. The second-order valence-corrected chi connectivity index (χ2v) is 3.27. The molecule has 0 aliphatic carbocycles. The lowest BCUT2D eigenvalue weighted by atomic mass is 10.2. The SMILES string of the molecule is COC(=O)C=C(C)NC(C)c1ccoc1. The van der Waals surface area contributed by atoms with Crippen LogP contribution >= 0.6 is 0 Å². The summed E-state index contributed by atoms with van der Waals surface area (Å²) in [7, 11) is 1.35. The average molecular weight is 209 g/mol. The third-order valence-corrected chi connectivity index (χ3v) is 2.02. The van der Waals surface area contributed by atoms with Crippen LogP contribution in [-0.4, -0.2) is 13.1 Å². The molecule has 0 bridgehead atoms. The quantitative estimate of drug-likeness (QED) is 0.608. The van der Waals surface area contributed by atoms with Crippen LogP contribution in [0.5, 0.6) is 0 Å². The Morgan fingerprint density at radius 3 is 2.93 bits per heavy atom. The van der Waals surface area contributed by atoms with E-state index in [4.69, 9.17) is 4.42 Å². The average Bonchev–Trinajstić information content (AvgIpc) is 2.70. The van der Waals surface area contributed by atoms with Crippen molar-refractivity contribution in [2.24, 2.45) is 0 Å². The monoisotopic (exact) mass is 209 g/mol. The van der Waals surface area contributed by atoms with Crippen molar-refractivity contribution >= 4 is 5.97 Å². The minimum Gasteiger partial charge on any atom is -0.472 e. The van der Waals surface area contributed by atoms with Gasteiger partial charge in [-0.1, -0.05) is 0 Å². The van der Waals surface area contributed by atoms with Crippen LogP contribution in [0.3, 0.4) is 0 Å². The number of furan rings is 1. The molecule has 1 aromatic heterocycles. The number of hydrogen-bond acceptors (Lipinski definition) is 4. The third-order valence-electron chi connectivity index (χ3n) is 2.02. The Morgan fingerprint density at radius 2 is 2.40 bits per heavy atom. The predicted octanol–water partition coefficient (Wildman–Crippen LogP) is 2.01. The highest BCUT2D eigenvalue weighted by Crippen LogP contribution is 2.13. The molecule has 0 aliphatic heterocycles. The van der Waals surface area contributed by atoms with Gasteiger partial charge >= 0.3 is 5.97 Å². The molecule has 1 rings (SSSR count). The van der Waals surface area contributed by atoms with Crippen LogP contribution in [0.1, 0.15) is 25.5 Å². The minimum atomic E-state index is -0.362. The second kappa shape index (κ2) is 5.24. The number of esters is 1. The van der Waals surface area contributed by atoms with Gasteiger partial charge in [-0.2, -0.15) is 0 Å². The van der Waals surface area contributed by atoms with Gasteiger partial charge in [0.05, 0.1) is 25.7 Å². The number of nitrogens with one attached hydrogen (secondary N) is 1. The fourth-order valence-electron chi connectivity index (χ4n) is 1.22. The highest BCUT2D eigenvalue weighted by molar-refractivity contribution is 5.82. The van der Waals surface area contributed by atoms with E-state index in [2.05, 4.69) is 10.1 Å². The number of ether oxygens (including phenoxy) is 1. The van der Waals surface area contributed by atoms with Crippen molar-refractivity contribution in [3.63, 3.8) is 0 Å². The van der Waals surface area contributed by atoms with Crippen molar-refractivity contribution in [1.29, 1.82) is 0 Å².